The molecule has 0 saturated heterocycles. The van der Waals surface area contributed by atoms with Crippen molar-refractivity contribution in [1.82, 2.24) is 24.5 Å². The van der Waals surface area contributed by atoms with Crippen molar-refractivity contribution in [3.05, 3.63) is 65.4 Å². The smallest absolute Gasteiger partial charge is 0.321 e. The standard InChI is InChI=1S/C24H24N6O2/c1-15-13-17(32-24-25-10-6-11-26-24)8-9-19(15)28-23(31)18-14-16(2)27-22-21(18)29-20-7-4-3-5-12-30(20)22/h6,8-11,13-14H,3-5,7,12H2,1-2H3,(H,28,31). The van der Waals surface area contributed by atoms with Gasteiger partial charge >= 0.3 is 6.01 Å². The summed E-state index contributed by atoms with van der Waals surface area (Å²) in [5.74, 6) is 1.43. The second-order valence-electron chi connectivity index (χ2n) is 8.04. The Bertz CT molecular complexity index is 1300. The Morgan fingerprint density at radius 2 is 1.91 bits per heavy atom. The Kier molecular flexibility index (Phi) is 5.26. The number of nitrogens with zero attached hydrogens (tertiary/aromatic N) is 5. The molecule has 4 heterocycles. The highest BCUT2D eigenvalue weighted by Crippen LogP contribution is 2.27. The number of aryl methyl sites for hydroxylation is 4. The van der Waals surface area contributed by atoms with Crippen LogP contribution in [0, 0.1) is 13.8 Å². The van der Waals surface area contributed by atoms with Gasteiger partial charge in [-0.25, -0.2) is 19.9 Å². The average Bonchev–Trinajstić information content (AvgIpc) is 2.96. The maximum absolute atomic E-state index is 13.2. The summed E-state index contributed by atoms with van der Waals surface area (Å²) in [5.41, 5.74) is 4.40. The van der Waals surface area contributed by atoms with E-state index in [-0.39, 0.29) is 11.9 Å². The average molecular weight is 428 g/mol. The largest absolute Gasteiger partial charge is 0.424 e. The van der Waals surface area contributed by atoms with E-state index in [1.807, 2.05) is 32.0 Å². The van der Waals surface area contributed by atoms with Crippen LogP contribution in [0.3, 0.4) is 0 Å². The summed E-state index contributed by atoms with van der Waals surface area (Å²) in [4.78, 5) is 30.9. The van der Waals surface area contributed by atoms with Crippen LogP contribution in [0.4, 0.5) is 5.69 Å². The van der Waals surface area contributed by atoms with E-state index >= 15 is 0 Å². The lowest BCUT2D eigenvalue weighted by Gasteiger charge is -2.11. The summed E-state index contributed by atoms with van der Waals surface area (Å²) in [7, 11) is 0. The summed E-state index contributed by atoms with van der Waals surface area (Å²) < 4.78 is 7.85. The van der Waals surface area contributed by atoms with Crippen LogP contribution >= 0.6 is 0 Å². The van der Waals surface area contributed by atoms with Gasteiger partial charge in [-0.2, -0.15) is 0 Å². The first-order valence-electron chi connectivity index (χ1n) is 10.8. The molecule has 8 heteroatoms. The molecule has 32 heavy (non-hydrogen) atoms. The van der Waals surface area contributed by atoms with Crippen LogP contribution in [0.5, 0.6) is 11.8 Å². The minimum atomic E-state index is -0.197. The van der Waals surface area contributed by atoms with Crippen molar-refractivity contribution in [2.45, 2.75) is 46.1 Å². The fraction of sp³-hybridized carbons (Fsp3) is 0.292. The predicted molar refractivity (Wildman–Crippen MR) is 121 cm³/mol. The molecule has 4 aromatic rings. The first kappa shape index (κ1) is 20.1. The van der Waals surface area contributed by atoms with Gasteiger partial charge < -0.3 is 14.6 Å². The molecule has 0 fully saturated rings. The number of hydrogen-bond donors (Lipinski definition) is 1. The summed E-state index contributed by atoms with van der Waals surface area (Å²) >= 11 is 0. The summed E-state index contributed by atoms with van der Waals surface area (Å²) in [6.45, 7) is 4.73. The number of imidazole rings is 1. The number of aromatic nitrogens is 5. The number of ether oxygens (including phenoxy) is 1. The van der Waals surface area contributed by atoms with Crippen LogP contribution < -0.4 is 10.1 Å². The van der Waals surface area contributed by atoms with Gasteiger partial charge in [-0.05, 0) is 62.6 Å². The molecule has 3 aromatic heterocycles. The number of carbonyl (C=O) groups is 1. The highest BCUT2D eigenvalue weighted by Gasteiger charge is 2.21. The van der Waals surface area contributed by atoms with E-state index in [0.29, 0.717) is 22.5 Å². The minimum Gasteiger partial charge on any atom is -0.424 e. The molecule has 5 rings (SSSR count). The number of anilines is 1. The van der Waals surface area contributed by atoms with Crippen LogP contribution in [0.25, 0.3) is 11.2 Å². The number of hydrogen-bond acceptors (Lipinski definition) is 6. The molecule has 1 aromatic carbocycles. The maximum Gasteiger partial charge on any atom is 0.321 e. The number of pyridine rings is 1. The molecule has 1 N–H and O–H groups in total. The monoisotopic (exact) mass is 428 g/mol. The molecule has 0 radical (unpaired) electrons. The third kappa shape index (κ3) is 3.91. The molecule has 162 valence electrons. The zero-order valence-corrected chi connectivity index (χ0v) is 18.1. The molecule has 1 amide bonds. The Morgan fingerprint density at radius 1 is 1.06 bits per heavy atom. The van der Waals surface area contributed by atoms with E-state index < -0.39 is 0 Å². The SMILES string of the molecule is Cc1cc(C(=O)Nc2ccc(Oc3ncccn3)cc2C)c2nc3n(c2n1)CCCCC3. The molecule has 1 aliphatic rings. The Morgan fingerprint density at radius 3 is 2.72 bits per heavy atom. The topological polar surface area (TPSA) is 94.8 Å². The lowest BCUT2D eigenvalue weighted by atomic mass is 10.1. The Balaban J connectivity index is 1.42. The van der Waals surface area contributed by atoms with E-state index in [1.54, 1.807) is 24.5 Å². The third-order valence-corrected chi connectivity index (χ3v) is 5.63. The Hall–Kier alpha value is -3.81. The van der Waals surface area contributed by atoms with Crippen molar-refractivity contribution in [1.29, 1.82) is 0 Å². The van der Waals surface area contributed by atoms with Crippen LogP contribution in [-0.4, -0.2) is 30.4 Å². The number of benzene rings is 1. The number of fused-ring (bicyclic) bond motifs is 3. The number of carbonyl (C=O) groups excluding carboxylic acids is 1. The van der Waals surface area contributed by atoms with E-state index in [2.05, 4.69) is 19.9 Å². The predicted octanol–water partition coefficient (Wildman–Crippen LogP) is 4.61. The molecule has 0 atom stereocenters. The van der Waals surface area contributed by atoms with Gasteiger partial charge in [0.05, 0.1) is 5.56 Å². The molecule has 0 aliphatic carbocycles. The lowest BCUT2D eigenvalue weighted by Crippen LogP contribution is -2.14. The first-order chi connectivity index (χ1) is 15.6. The van der Waals surface area contributed by atoms with Crippen LogP contribution in [-0.2, 0) is 13.0 Å². The fourth-order valence-electron chi connectivity index (χ4n) is 4.06. The maximum atomic E-state index is 13.2. The molecule has 1 aliphatic heterocycles. The number of amides is 1. The van der Waals surface area contributed by atoms with Gasteiger partial charge in [0.25, 0.3) is 5.91 Å². The molecule has 0 bridgehead atoms. The van der Waals surface area contributed by atoms with E-state index in [4.69, 9.17) is 14.7 Å². The molecule has 0 spiro atoms. The van der Waals surface area contributed by atoms with Gasteiger partial charge in [0.15, 0.2) is 5.65 Å². The van der Waals surface area contributed by atoms with Crippen molar-refractivity contribution in [2.75, 3.05) is 5.32 Å². The second-order valence-corrected chi connectivity index (χ2v) is 8.04. The normalized spacial score (nSPS) is 13.4. The third-order valence-electron chi connectivity index (χ3n) is 5.63. The molecule has 0 saturated carbocycles. The van der Waals surface area contributed by atoms with Crippen molar-refractivity contribution >= 4 is 22.8 Å². The molecule has 8 nitrogen and oxygen atoms in total. The van der Waals surface area contributed by atoms with Gasteiger partial charge in [-0.1, -0.05) is 6.42 Å². The van der Waals surface area contributed by atoms with Crippen molar-refractivity contribution in [3.63, 3.8) is 0 Å². The van der Waals surface area contributed by atoms with Crippen LogP contribution in [0.2, 0.25) is 0 Å². The fourth-order valence-corrected chi connectivity index (χ4v) is 4.06. The highest BCUT2D eigenvalue weighted by molar-refractivity contribution is 6.11. The minimum absolute atomic E-state index is 0.197. The summed E-state index contributed by atoms with van der Waals surface area (Å²) in [6, 6.07) is 9.26. The van der Waals surface area contributed by atoms with Crippen molar-refractivity contribution < 1.29 is 9.53 Å². The summed E-state index contributed by atoms with van der Waals surface area (Å²) in [6.07, 6.45) is 7.58. The van der Waals surface area contributed by atoms with Crippen molar-refractivity contribution in [2.24, 2.45) is 0 Å². The quantitative estimate of drug-likeness (QED) is 0.510. The molecular weight excluding hydrogens is 404 g/mol. The first-order valence-corrected chi connectivity index (χ1v) is 10.8. The van der Waals surface area contributed by atoms with Gasteiger partial charge in [-0.15, -0.1) is 0 Å². The Labute approximate surface area is 185 Å². The highest BCUT2D eigenvalue weighted by atomic mass is 16.5. The zero-order valence-electron chi connectivity index (χ0n) is 18.1. The van der Waals surface area contributed by atoms with E-state index in [9.17, 15) is 4.79 Å². The second kappa shape index (κ2) is 8.37. The van der Waals surface area contributed by atoms with Gasteiger partial charge in [0.1, 0.15) is 17.1 Å². The molecular formula is C24H24N6O2. The van der Waals surface area contributed by atoms with Crippen LogP contribution in [0.15, 0.2) is 42.7 Å². The number of rotatable bonds is 4. The van der Waals surface area contributed by atoms with Gasteiger partial charge in [0, 0.05) is 36.7 Å². The number of nitrogens with one attached hydrogen (secondary N) is 1. The zero-order chi connectivity index (χ0) is 22.1. The van der Waals surface area contributed by atoms with E-state index in [1.165, 1.54) is 6.42 Å². The molecule has 0 unspecified atom stereocenters. The lowest BCUT2D eigenvalue weighted by molar-refractivity contribution is 0.102. The van der Waals surface area contributed by atoms with Crippen molar-refractivity contribution in [3.8, 4) is 11.8 Å². The van der Waals surface area contributed by atoms with Gasteiger partial charge in [0.2, 0.25) is 0 Å². The summed E-state index contributed by atoms with van der Waals surface area (Å²) in [5, 5.41) is 3.03. The van der Waals surface area contributed by atoms with Gasteiger partial charge in [-0.3, -0.25) is 4.79 Å². The van der Waals surface area contributed by atoms with Crippen LogP contribution in [0.1, 0.15) is 46.7 Å². The van der Waals surface area contributed by atoms with E-state index in [0.717, 1.165) is 48.5 Å².